The van der Waals surface area contributed by atoms with Crippen molar-refractivity contribution in [3.63, 3.8) is 0 Å². The summed E-state index contributed by atoms with van der Waals surface area (Å²) in [5, 5.41) is 22.2. The van der Waals surface area contributed by atoms with E-state index >= 15 is 0 Å². The number of hydrogen-bond donors (Lipinski definition) is 6. The number of aliphatic hydroxyl groups is 2. The second-order valence-electron chi connectivity index (χ2n) is 10.4. The van der Waals surface area contributed by atoms with Crippen molar-refractivity contribution in [3.05, 3.63) is 41.2 Å². The molecule has 4 aromatic rings. The van der Waals surface area contributed by atoms with Gasteiger partial charge < -0.3 is 54.6 Å². The van der Waals surface area contributed by atoms with Crippen molar-refractivity contribution < 1.29 is 56.7 Å². The van der Waals surface area contributed by atoms with Crippen molar-refractivity contribution in [1.29, 1.82) is 0 Å². The van der Waals surface area contributed by atoms with E-state index in [1.165, 1.54) is 40.0 Å². The molecule has 3 aliphatic rings. The standard InChI is InChI=1S/C22H26N8O13P2/c23-9-1-3-25-18-12(9)26-7-30(18)20-14(32)15-11(41-20)6-39-45(36,37)43-16-13(31)10(5-38-44(34,35)42-15)40-21(16)29-4-2-8-17(29)27-22(24)28-19(8)33/h1-4,7,10-11,13-16,20-21,31-32H,5-6H2,(H2,23,25)(H,34,35)(H,36,37)(H3,24,27,28,33)/p-1/t10-,11-,13-,14-,15-,16-,20-,21-/m1/s1. The second kappa shape index (κ2) is 10.9. The number of aliphatic hydroxyl groups excluding tert-OH is 2. The number of nitrogens with two attached hydrogens (primary N) is 2. The van der Waals surface area contributed by atoms with E-state index in [1.54, 1.807) is 0 Å². The van der Waals surface area contributed by atoms with E-state index in [2.05, 4.69) is 19.9 Å². The van der Waals surface area contributed by atoms with Crippen LogP contribution in [0.15, 0.2) is 35.6 Å². The molecule has 0 amide bonds. The molecule has 0 saturated carbocycles. The van der Waals surface area contributed by atoms with Gasteiger partial charge in [0.05, 0.1) is 30.6 Å². The molecular formula is C22H25N8O13P2-. The van der Waals surface area contributed by atoms with Crippen LogP contribution in [-0.4, -0.2) is 94.0 Å². The van der Waals surface area contributed by atoms with E-state index in [0.717, 1.165) is 0 Å². The van der Waals surface area contributed by atoms with Crippen molar-refractivity contribution in [1.82, 2.24) is 29.1 Å². The smallest absolute Gasteiger partial charge is 0.472 e. The molecule has 3 saturated heterocycles. The summed E-state index contributed by atoms with van der Waals surface area (Å²) >= 11 is 0. The van der Waals surface area contributed by atoms with Crippen LogP contribution in [0.2, 0.25) is 0 Å². The highest BCUT2D eigenvalue weighted by Crippen LogP contribution is 2.52. The van der Waals surface area contributed by atoms with Crippen molar-refractivity contribution in [3.8, 4) is 0 Å². The zero-order valence-corrected chi connectivity index (χ0v) is 24.4. The number of phosphoric ester groups is 2. The maximum absolute atomic E-state index is 13.2. The van der Waals surface area contributed by atoms with Crippen molar-refractivity contribution >= 4 is 49.5 Å². The molecule has 0 aromatic carbocycles. The molecule has 0 radical (unpaired) electrons. The summed E-state index contributed by atoms with van der Waals surface area (Å²) in [5.41, 5.74) is 11.7. The van der Waals surface area contributed by atoms with E-state index in [1.807, 2.05) is 0 Å². The fourth-order valence-corrected chi connectivity index (χ4v) is 7.39. The van der Waals surface area contributed by atoms with Gasteiger partial charge in [-0.05, 0) is 12.1 Å². The second-order valence-corrected chi connectivity index (χ2v) is 13.2. The summed E-state index contributed by atoms with van der Waals surface area (Å²) in [5.74, 6) is -0.249. The average Bonchev–Trinajstić information content (AvgIpc) is 3.72. The van der Waals surface area contributed by atoms with E-state index in [-0.39, 0.29) is 33.8 Å². The molecule has 2 bridgehead atoms. The van der Waals surface area contributed by atoms with Gasteiger partial charge in [-0.15, -0.1) is 0 Å². The molecule has 23 heteroatoms. The van der Waals surface area contributed by atoms with Gasteiger partial charge in [0.25, 0.3) is 13.4 Å². The summed E-state index contributed by atoms with van der Waals surface area (Å²) in [6.45, 7) is -1.69. The summed E-state index contributed by atoms with van der Waals surface area (Å²) in [7, 11) is -10.4. The highest BCUT2D eigenvalue weighted by molar-refractivity contribution is 7.47. The quantitative estimate of drug-likeness (QED) is 0.129. The highest BCUT2D eigenvalue weighted by Gasteiger charge is 2.52. The zero-order chi connectivity index (χ0) is 31.8. The monoisotopic (exact) mass is 671 g/mol. The summed E-state index contributed by atoms with van der Waals surface area (Å²) in [4.78, 5) is 50.7. The molecule has 3 aliphatic heterocycles. The first-order valence-electron chi connectivity index (χ1n) is 13.2. The molecule has 8 N–H and O–H groups in total. The average molecular weight is 671 g/mol. The van der Waals surface area contributed by atoms with E-state index in [9.17, 15) is 33.9 Å². The first kappa shape index (κ1) is 30.4. The molecule has 4 aromatic heterocycles. The first-order chi connectivity index (χ1) is 21.3. The molecule has 21 nitrogen and oxygen atoms in total. The van der Waals surface area contributed by atoms with Gasteiger partial charge in [0.1, 0.15) is 42.1 Å². The third-order valence-corrected chi connectivity index (χ3v) is 9.52. The number of nitrogen functional groups attached to an aromatic ring is 2. The predicted octanol–water partition coefficient (Wildman–Crippen LogP) is -1.76. The lowest BCUT2D eigenvalue weighted by molar-refractivity contribution is -0.236. The van der Waals surface area contributed by atoms with Gasteiger partial charge in [0.15, 0.2) is 23.8 Å². The lowest BCUT2D eigenvalue weighted by Gasteiger charge is -2.30. The molecule has 7 rings (SSSR count). The first-order valence-corrected chi connectivity index (χ1v) is 16.2. The Morgan fingerprint density at radius 2 is 1.71 bits per heavy atom. The Kier molecular flexibility index (Phi) is 7.36. The van der Waals surface area contributed by atoms with Gasteiger partial charge >= 0.3 is 7.82 Å². The predicted molar refractivity (Wildman–Crippen MR) is 146 cm³/mol. The lowest BCUT2D eigenvalue weighted by Crippen LogP contribution is -2.37. The largest absolute Gasteiger partial charge is 0.756 e. The van der Waals surface area contributed by atoms with Gasteiger partial charge in [-0.25, -0.2) is 14.5 Å². The Balaban J connectivity index is 1.21. The topological polar surface area (TPSA) is 307 Å². The number of rotatable bonds is 2. The minimum atomic E-state index is -5.29. The maximum Gasteiger partial charge on any atom is 0.472 e. The number of nitrogens with one attached hydrogen (secondary N) is 1. The molecule has 0 aliphatic carbocycles. The van der Waals surface area contributed by atoms with Crippen LogP contribution in [0.5, 0.6) is 0 Å². The van der Waals surface area contributed by atoms with Gasteiger partial charge in [-0.2, -0.15) is 4.98 Å². The summed E-state index contributed by atoms with van der Waals surface area (Å²) < 4.78 is 60.9. The summed E-state index contributed by atoms with van der Waals surface area (Å²) in [6.07, 6.45) is -8.68. The van der Waals surface area contributed by atoms with Crippen molar-refractivity contribution in [2.75, 3.05) is 24.7 Å². The molecule has 2 unspecified atom stereocenters. The minimum absolute atomic E-state index is 0.0262. The molecule has 45 heavy (non-hydrogen) atoms. The van der Waals surface area contributed by atoms with Gasteiger partial charge in [-0.1, -0.05) is 0 Å². The molecule has 0 spiro atoms. The number of pyridine rings is 1. The fraction of sp³-hybridized carbons (Fsp3) is 0.455. The lowest BCUT2D eigenvalue weighted by atomic mass is 10.1. The number of hydrogen-bond acceptors (Lipinski definition) is 17. The number of phosphoric acid groups is 2. The van der Waals surface area contributed by atoms with Crippen LogP contribution >= 0.6 is 15.6 Å². The number of anilines is 2. The third kappa shape index (κ3) is 5.35. The Morgan fingerprint density at radius 3 is 2.51 bits per heavy atom. The normalized spacial score (nSPS) is 37.7. The van der Waals surface area contributed by atoms with E-state index < -0.39 is 83.5 Å². The number of H-pyrrole nitrogens is 1. The van der Waals surface area contributed by atoms with Crippen molar-refractivity contribution in [2.45, 2.75) is 49.1 Å². The third-order valence-electron chi connectivity index (χ3n) is 7.57. The molecule has 10 atom stereocenters. The van der Waals surface area contributed by atoms with Gasteiger partial charge in [-0.3, -0.25) is 28.0 Å². The SMILES string of the molecule is Nc1nc2c(ccn2[C@@H]2O[C@@H]3COP(=O)([O-])O[C@H]4[C@@H](O)[C@H](n5cnc6c(N)ccnc65)O[C@@H]4COP(=O)(O)O[C@@H]2[C@@H]3O)c(=O)[nH]1. The van der Waals surface area contributed by atoms with E-state index in [4.69, 9.17) is 39.0 Å². The number of aromatic amines is 1. The van der Waals surface area contributed by atoms with Gasteiger partial charge in [0, 0.05) is 12.4 Å². The number of imidazole rings is 1. The summed E-state index contributed by atoms with van der Waals surface area (Å²) in [6, 6.07) is 2.86. The minimum Gasteiger partial charge on any atom is -0.756 e. The van der Waals surface area contributed by atoms with Crippen LogP contribution in [0, 0.1) is 0 Å². The van der Waals surface area contributed by atoms with Crippen LogP contribution in [0.25, 0.3) is 22.2 Å². The Hall–Kier alpha value is -3.30. The molecule has 3 fully saturated rings. The van der Waals surface area contributed by atoms with Crippen molar-refractivity contribution in [2.24, 2.45) is 0 Å². The fourth-order valence-electron chi connectivity index (χ4n) is 5.51. The Bertz CT molecular complexity index is 1930. The number of nitrogens with zero attached hydrogens (tertiary/aromatic N) is 5. The Morgan fingerprint density at radius 1 is 0.956 bits per heavy atom. The zero-order valence-electron chi connectivity index (χ0n) is 22.6. The number of aromatic nitrogens is 6. The number of fused-ring (bicyclic) bond motifs is 5. The molecule has 242 valence electrons. The van der Waals surface area contributed by atoms with Crippen LogP contribution in [-0.2, 0) is 36.7 Å². The van der Waals surface area contributed by atoms with Crippen LogP contribution in [0.4, 0.5) is 11.6 Å². The molecule has 7 heterocycles. The van der Waals surface area contributed by atoms with Gasteiger partial charge in [0.2, 0.25) is 5.95 Å². The Labute approximate surface area is 250 Å². The van der Waals surface area contributed by atoms with Crippen LogP contribution in [0.1, 0.15) is 12.5 Å². The van der Waals surface area contributed by atoms with Crippen LogP contribution < -0.4 is 21.9 Å². The number of ether oxygens (including phenoxy) is 2. The van der Waals surface area contributed by atoms with E-state index in [0.29, 0.717) is 0 Å². The molecular weight excluding hydrogens is 646 g/mol. The maximum atomic E-state index is 13.2. The highest BCUT2D eigenvalue weighted by atomic mass is 31.2. The van der Waals surface area contributed by atoms with Crippen LogP contribution in [0.3, 0.4) is 0 Å².